The summed E-state index contributed by atoms with van der Waals surface area (Å²) >= 11 is 6.75. The van der Waals surface area contributed by atoms with Crippen LogP contribution in [0.3, 0.4) is 0 Å². The van der Waals surface area contributed by atoms with Crippen LogP contribution in [0.1, 0.15) is 10.6 Å². The molecular weight excluding hydrogens is 218 g/mol. The molecule has 1 aliphatic rings. The summed E-state index contributed by atoms with van der Waals surface area (Å²) in [5.41, 5.74) is 0.854. The van der Waals surface area contributed by atoms with Gasteiger partial charge in [-0.15, -0.1) is 5.10 Å². The Bertz CT molecular complexity index is 333. The maximum Gasteiger partial charge on any atom is 0.136 e. The van der Waals surface area contributed by atoms with Crippen LogP contribution >= 0.6 is 23.8 Å². The maximum absolute atomic E-state index is 5.36. The lowest BCUT2D eigenvalue weighted by Gasteiger charge is -2.28. The average molecular weight is 229 g/mol. The Balaban J connectivity index is 2.11. The van der Waals surface area contributed by atoms with Gasteiger partial charge in [-0.3, -0.25) is 0 Å². The van der Waals surface area contributed by atoms with E-state index in [1.807, 2.05) is 6.92 Å². The van der Waals surface area contributed by atoms with E-state index >= 15 is 0 Å². The summed E-state index contributed by atoms with van der Waals surface area (Å²) in [6.07, 6.45) is 0. The van der Waals surface area contributed by atoms with E-state index in [2.05, 4.69) is 14.5 Å². The third-order valence-electron chi connectivity index (χ3n) is 2.15. The van der Waals surface area contributed by atoms with Gasteiger partial charge in [-0.2, -0.15) is 0 Å². The van der Waals surface area contributed by atoms with Crippen LogP contribution in [-0.2, 0) is 4.74 Å². The topological polar surface area (TPSA) is 38.2 Å². The second-order valence-electron chi connectivity index (χ2n) is 3.08. The van der Waals surface area contributed by atoms with Crippen molar-refractivity contribution in [2.45, 2.75) is 6.92 Å². The molecule has 1 aliphatic heterocycles. The first-order valence-corrected chi connectivity index (χ1v) is 5.63. The van der Waals surface area contributed by atoms with Crippen LogP contribution in [0.25, 0.3) is 0 Å². The third kappa shape index (κ3) is 1.92. The largest absolute Gasteiger partial charge is 0.378 e. The number of aryl methyl sites for hydroxylation is 1. The lowest BCUT2D eigenvalue weighted by Crippen LogP contribution is -2.40. The fourth-order valence-electron chi connectivity index (χ4n) is 1.35. The summed E-state index contributed by atoms with van der Waals surface area (Å²) in [7, 11) is 0. The molecule has 1 aromatic heterocycles. The molecule has 0 N–H and O–H groups in total. The first-order valence-electron chi connectivity index (χ1n) is 4.45. The third-order valence-corrected chi connectivity index (χ3v) is 3.23. The number of rotatable bonds is 1. The minimum absolute atomic E-state index is 0.747. The molecule has 1 saturated heterocycles. The van der Waals surface area contributed by atoms with E-state index in [0.29, 0.717) is 0 Å². The van der Waals surface area contributed by atoms with Crippen molar-refractivity contribution < 1.29 is 4.74 Å². The van der Waals surface area contributed by atoms with Crippen LogP contribution in [0.5, 0.6) is 0 Å². The first kappa shape index (κ1) is 9.95. The van der Waals surface area contributed by atoms with E-state index in [-0.39, 0.29) is 0 Å². The molecule has 2 heterocycles. The Hall–Kier alpha value is -0.590. The van der Waals surface area contributed by atoms with E-state index in [1.165, 1.54) is 11.5 Å². The predicted molar refractivity (Wildman–Crippen MR) is 58.7 cm³/mol. The summed E-state index contributed by atoms with van der Waals surface area (Å²) < 4.78 is 9.15. The standard InChI is InChI=1S/C8H11N3OS2/c1-6-7(9-10-14-6)8(13)11-2-4-12-5-3-11/h2-5H2,1H3. The fraction of sp³-hybridized carbons (Fsp3) is 0.625. The molecule has 0 unspecified atom stereocenters. The number of morpholine rings is 1. The van der Waals surface area contributed by atoms with Crippen LogP contribution in [0.15, 0.2) is 0 Å². The van der Waals surface area contributed by atoms with Gasteiger partial charge in [0.1, 0.15) is 10.7 Å². The van der Waals surface area contributed by atoms with E-state index in [0.717, 1.165) is 41.9 Å². The van der Waals surface area contributed by atoms with Gasteiger partial charge in [0.05, 0.1) is 18.1 Å². The molecule has 76 valence electrons. The summed E-state index contributed by atoms with van der Waals surface area (Å²) in [5, 5.41) is 4.04. The minimum Gasteiger partial charge on any atom is -0.378 e. The molecule has 4 nitrogen and oxygen atoms in total. The van der Waals surface area contributed by atoms with Gasteiger partial charge in [-0.1, -0.05) is 16.7 Å². The normalized spacial score (nSPS) is 17.1. The Morgan fingerprint density at radius 3 is 2.79 bits per heavy atom. The Labute approximate surface area is 92.0 Å². The zero-order chi connectivity index (χ0) is 9.97. The molecule has 0 aromatic carbocycles. The Morgan fingerprint density at radius 2 is 2.21 bits per heavy atom. The summed E-state index contributed by atoms with van der Waals surface area (Å²) in [5.74, 6) is 0. The van der Waals surface area contributed by atoms with Crippen molar-refractivity contribution >= 4 is 28.7 Å². The lowest BCUT2D eigenvalue weighted by atomic mass is 10.3. The van der Waals surface area contributed by atoms with E-state index in [9.17, 15) is 0 Å². The Morgan fingerprint density at radius 1 is 1.50 bits per heavy atom. The maximum atomic E-state index is 5.36. The molecule has 0 saturated carbocycles. The number of nitrogens with zero attached hydrogens (tertiary/aromatic N) is 3. The molecule has 0 aliphatic carbocycles. The molecule has 1 aromatic rings. The lowest BCUT2D eigenvalue weighted by molar-refractivity contribution is 0.0692. The first-order chi connectivity index (χ1) is 6.79. The molecule has 2 rings (SSSR count). The molecule has 1 fully saturated rings. The second-order valence-corrected chi connectivity index (χ2v) is 4.43. The zero-order valence-corrected chi connectivity index (χ0v) is 9.53. The van der Waals surface area contributed by atoms with Crippen LogP contribution < -0.4 is 0 Å². The van der Waals surface area contributed by atoms with Crippen molar-refractivity contribution in [2.75, 3.05) is 26.3 Å². The summed E-state index contributed by atoms with van der Waals surface area (Å²) in [6, 6.07) is 0. The Kier molecular flexibility index (Phi) is 3.05. The highest BCUT2D eigenvalue weighted by Crippen LogP contribution is 2.13. The van der Waals surface area contributed by atoms with Crippen LogP contribution in [-0.4, -0.2) is 45.8 Å². The molecule has 14 heavy (non-hydrogen) atoms. The van der Waals surface area contributed by atoms with Crippen molar-refractivity contribution in [2.24, 2.45) is 0 Å². The van der Waals surface area contributed by atoms with Crippen LogP contribution in [0, 0.1) is 6.92 Å². The van der Waals surface area contributed by atoms with Gasteiger partial charge in [0.25, 0.3) is 0 Å². The van der Waals surface area contributed by atoms with Crippen molar-refractivity contribution in [3.8, 4) is 0 Å². The number of hydrogen-bond acceptors (Lipinski definition) is 5. The van der Waals surface area contributed by atoms with Gasteiger partial charge < -0.3 is 9.64 Å². The summed E-state index contributed by atoms with van der Waals surface area (Å²) in [4.78, 5) is 4.02. The second kappa shape index (κ2) is 4.29. The summed E-state index contributed by atoms with van der Waals surface area (Å²) in [6.45, 7) is 5.20. The van der Waals surface area contributed by atoms with Gasteiger partial charge in [0.2, 0.25) is 0 Å². The number of aromatic nitrogens is 2. The molecule has 0 atom stereocenters. The molecule has 6 heteroatoms. The SMILES string of the molecule is Cc1snnc1C(=S)N1CCOCC1. The number of thiocarbonyl (C=S) groups is 1. The van der Waals surface area contributed by atoms with Gasteiger partial charge in [-0.25, -0.2) is 0 Å². The van der Waals surface area contributed by atoms with E-state index in [4.69, 9.17) is 17.0 Å². The highest BCUT2D eigenvalue weighted by atomic mass is 32.1. The molecule has 0 radical (unpaired) electrons. The van der Waals surface area contributed by atoms with Crippen LogP contribution in [0.4, 0.5) is 0 Å². The highest BCUT2D eigenvalue weighted by molar-refractivity contribution is 7.80. The fourth-order valence-corrected chi connectivity index (χ4v) is 2.26. The van der Waals surface area contributed by atoms with Gasteiger partial charge in [-0.05, 0) is 18.5 Å². The molecule has 0 amide bonds. The number of hydrogen-bond donors (Lipinski definition) is 0. The molecule has 0 spiro atoms. The predicted octanol–water partition coefficient (Wildman–Crippen LogP) is 0.854. The molecule has 0 bridgehead atoms. The van der Waals surface area contributed by atoms with E-state index in [1.54, 1.807) is 0 Å². The van der Waals surface area contributed by atoms with Crippen molar-refractivity contribution in [3.63, 3.8) is 0 Å². The monoisotopic (exact) mass is 229 g/mol. The zero-order valence-electron chi connectivity index (χ0n) is 7.89. The van der Waals surface area contributed by atoms with Crippen molar-refractivity contribution in [1.82, 2.24) is 14.5 Å². The van der Waals surface area contributed by atoms with E-state index < -0.39 is 0 Å². The van der Waals surface area contributed by atoms with Crippen molar-refractivity contribution in [1.29, 1.82) is 0 Å². The average Bonchev–Trinajstić information content (AvgIpc) is 2.65. The van der Waals surface area contributed by atoms with Gasteiger partial charge in [0.15, 0.2) is 0 Å². The molecular formula is C8H11N3OS2. The van der Waals surface area contributed by atoms with Crippen molar-refractivity contribution in [3.05, 3.63) is 10.6 Å². The van der Waals surface area contributed by atoms with Gasteiger partial charge in [0, 0.05) is 13.1 Å². The van der Waals surface area contributed by atoms with Crippen LogP contribution in [0.2, 0.25) is 0 Å². The highest BCUT2D eigenvalue weighted by Gasteiger charge is 2.18. The smallest absolute Gasteiger partial charge is 0.136 e. The van der Waals surface area contributed by atoms with Gasteiger partial charge >= 0.3 is 0 Å². The number of ether oxygens (including phenoxy) is 1. The quantitative estimate of drug-likeness (QED) is 0.668. The minimum atomic E-state index is 0.747.